The molecule has 1 aromatic carbocycles. The van der Waals surface area contributed by atoms with Gasteiger partial charge in [-0.3, -0.25) is 9.48 Å². The fourth-order valence-electron chi connectivity index (χ4n) is 2.00. The lowest BCUT2D eigenvalue weighted by atomic mass is 10.2. The number of rotatable bonds is 5. The van der Waals surface area contributed by atoms with Crippen LogP contribution in [-0.4, -0.2) is 15.7 Å². The highest BCUT2D eigenvalue weighted by Crippen LogP contribution is 2.21. The van der Waals surface area contributed by atoms with Crippen LogP contribution in [0.4, 0.5) is 5.69 Å². The minimum atomic E-state index is -0.0719. The SMILES string of the molecule is CCc1cc(CC)n(CC(=O)Nc2ccccc2Br)n1. The summed E-state index contributed by atoms with van der Waals surface area (Å²) in [6.45, 7) is 4.37. The molecule has 106 valence electrons. The number of benzene rings is 1. The second-order valence-corrected chi connectivity index (χ2v) is 5.37. The third kappa shape index (κ3) is 3.48. The Morgan fingerprint density at radius 1 is 1.30 bits per heavy atom. The van der Waals surface area contributed by atoms with E-state index in [0.717, 1.165) is 34.4 Å². The van der Waals surface area contributed by atoms with Gasteiger partial charge in [-0.1, -0.05) is 26.0 Å². The number of aromatic nitrogens is 2. The first-order chi connectivity index (χ1) is 9.63. The van der Waals surface area contributed by atoms with Crippen molar-refractivity contribution in [2.45, 2.75) is 33.2 Å². The van der Waals surface area contributed by atoms with E-state index in [2.05, 4.69) is 46.3 Å². The topological polar surface area (TPSA) is 46.9 Å². The summed E-state index contributed by atoms with van der Waals surface area (Å²) in [5.41, 5.74) is 2.89. The Kier molecular flexibility index (Phi) is 4.95. The molecule has 0 aliphatic rings. The predicted octanol–water partition coefficient (Wildman–Crippen LogP) is 3.41. The van der Waals surface area contributed by atoms with Crippen LogP contribution in [0.3, 0.4) is 0 Å². The molecule has 2 aromatic rings. The van der Waals surface area contributed by atoms with E-state index >= 15 is 0 Å². The maximum Gasteiger partial charge on any atom is 0.246 e. The maximum absolute atomic E-state index is 12.1. The monoisotopic (exact) mass is 335 g/mol. The fourth-order valence-corrected chi connectivity index (χ4v) is 2.38. The maximum atomic E-state index is 12.1. The van der Waals surface area contributed by atoms with E-state index < -0.39 is 0 Å². The molecule has 4 nitrogen and oxygen atoms in total. The summed E-state index contributed by atoms with van der Waals surface area (Å²) >= 11 is 3.42. The van der Waals surface area contributed by atoms with Crippen LogP contribution in [0.15, 0.2) is 34.8 Å². The number of anilines is 1. The van der Waals surface area contributed by atoms with E-state index in [0.29, 0.717) is 0 Å². The lowest BCUT2D eigenvalue weighted by Crippen LogP contribution is -2.21. The standard InChI is InChI=1S/C15H18BrN3O/c1-3-11-9-12(4-2)19(18-11)10-15(20)17-14-8-6-5-7-13(14)16/h5-9H,3-4,10H2,1-2H3,(H,17,20). The number of hydrogen-bond acceptors (Lipinski definition) is 2. The highest BCUT2D eigenvalue weighted by molar-refractivity contribution is 9.10. The van der Waals surface area contributed by atoms with Crippen LogP contribution >= 0.6 is 15.9 Å². The fraction of sp³-hybridized carbons (Fsp3) is 0.333. The minimum Gasteiger partial charge on any atom is -0.323 e. The zero-order valence-electron chi connectivity index (χ0n) is 11.7. The average Bonchev–Trinajstić information content (AvgIpc) is 2.83. The number of para-hydroxylation sites is 1. The van der Waals surface area contributed by atoms with Crippen molar-refractivity contribution in [1.82, 2.24) is 9.78 Å². The smallest absolute Gasteiger partial charge is 0.246 e. The molecule has 1 heterocycles. The number of nitrogens with zero attached hydrogens (tertiary/aromatic N) is 2. The molecule has 0 atom stereocenters. The van der Waals surface area contributed by atoms with Crippen LogP contribution in [0.1, 0.15) is 25.2 Å². The summed E-state index contributed by atoms with van der Waals surface area (Å²) in [4.78, 5) is 12.1. The van der Waals surface area contributed by atoms with Gasteiger partial charge in [0.25, 0.3) is 0 Å². The Labute approximate surface area is 127 Å². The number of halogens is 1. The van der Waals surface area contributed by atoms with E-state index in [-0.39, 0.29) is 12.5 Å². The van der Waals surface area contributed by atoms with Gasteiger partial charge in [0.2, 0.25) is 5.91 Å². The van der Waals surface area contributed by atoms with Gasteiger partial charge < -0.3 is 5.32 Å². The first-order valence-corrected chi connectivity index (χ1v) is 7.53. The molecule has 0 aliphatic heterocycles. The average molecular weight is 336 g/mol. The second kappa shape index (κ2) is 6.70. The molecule has 1 N–H and O–H groups in total. The molecule has 5 heteroatoms. The van der Waals surface area contributed by atoms with Crippen molar-refractivity contribution in [1.29, 1.82) is 0 Å². The van der Waals surface area contributed by atoms with Crippen molar-refractivity contribution >= 4 is 27.5 Å². The van der Waals surface area contributed by atoms with E-state index in [1.165, 1.54) is 0 Å². The molecule has 0 saturated carbocycles. The van der Waals surface area contributed by atoms with Crippen molar-refractivity contribution in [2.75, 3.05) is 5.32 Å². The van der Waals surface area contributed by atoms with Crippen LogP contribution in [0.2, 0.25) is 0 Å². The van der Waals surface area contributed by atoms with Crippen LogP contribution in [0, 0.1) is 0 Å². The Morgan fingerprint density at radius 3 is 2.70 bits per heavy atom. The molecule has 2 rings (SSSR count). The summed E-state index contributed by atoms with van der Waals surface area (Å²) < 4.78 is 2.66. The van der Waals surface area contributed by atoms with E-state index in [4.69, 9.17) is 0 Å². The Balaban J connectivity index is 2.08. The molecule has 0 unspecified atom stereocenters. The van der Waals surface area contributed by atoms with Crippen LogP contribution in [0.25, 0.3) is 0 Å². The van der Waals surface area contributed by atoms with E-state index in [1.54, 1.807) is 4.68 Å². The van der Waals surface area contributed by atoms with Gasteiger partial charge in [-0.25, -0.2) is 0 Å². The van der Waals surface area contributed by atoms with Gasteiger partial charge in [0.1, 0.15) is 6.54 Å². The number of amides is 1. The molecule has 20 heavy (non-hydrogen) atoms. The quantitative estimate of drug-likeness (QED) is 0.910. The number of carbonyl (C=O) groups is 1. The number of nitrogens with one attached hydrogen (secondary N) is 1. The molecule has 0 radical (unpaired) electrons. The molecule has 1 aromatic heterocycles. The summed E-state index contributed by atoms with van der Waals surface area (Å²) in [6, 6.07) is 9.63. The first-order valence-electron chi connectivity index (χ1n) is 6.74. The highest BCUT2D eigenvalue weighted by Gasteiger charge is 2.10. The van der Waals surface area contributed by atoms with Crippen LogP contribution in [0.5, 0.6) is 0 Å². The van der Waals surface area contributed by atoms with E-state index in [1.807, 2.05) is 24.3 Å². The third-order valence-corrected chi connectivity index (χ3v) is 3.77. The number of aryl methyl sites for hydroxylation is 2. The molecule has 0 aliphatic carbocycles. The first kappa shape index (κ1) is 14.8. The number of hydrogen-bond donors (Lipinski definition) is 1. The molecule has 0 spiro atoms. The molecule has 0 fully saturated rings. The largest absolute Gasteiger partial charge is 0.323 e. The van der Waals surface area contributed by atoms with Gasteiger partial charge in [0, 0.05) is 10.2 Å². The summed E-state index contributed by atoms with van der Waals surface area (Å²) in [5.74, 6) is -0.0719. The molecule has 0 saturated heterocycles. The predicted molar refractivity (Wildman–Crippen MR) is 83.8 cm³/mol. The summed E-state index contributed by atoms with van der Waals surface area (Å²) in [6.07, 6.45) is 1.75. The van der Waals surface area contributed by atoms with Crippen molar-refractivity contribution < 1.29 is 4.79 Å². The van der Waals surface area contributed by atoms with Gasteiger partial charge in [-0.05, 0) is 47.0 Å². The Hall–Kier alpha value is -1.62. The molecule has 1 amide bonds. The number of carbonyl (C=O) groups excluding carboxylic acids is 1. The molecule has 0 bridgehead atoms. The lowest BCUT2D eigenvalue weighted by molar-refractivity contribution is -0.116. The van der Waals surface area contributed by atoms with Crippen molar-refractivity contribution in [3.8, 4) is 0 Å². The summed E-state index contributed by atoms with van der Waals surface area (Å²) in [5, 5.41) is 7.34. The second-order valence-electron chi connectivity index (χ2n) is 4.52. The third-order valence-electron chi connectivity index (χ3n) is 3.08. The minimum absolute atomic E-state index is 0.0719. The van der Waals surface area contributed by atoms with Gasteiger partial charge in [0.15, 0.2) is 0 Å². The van der Waals surface area contributed by atoms with Gasteiger partial charge in [0.05, 0.1) is 11.4 Å². The molecular weight excluding hydrogens is 318 g/mol. The Morgan fingerprint density at radius 2 is 2.05 bits per heavy atom. The van der Waals surface area contributed by atoms with Crippen molar-refractivity contribution in [3.05, 3.63) is 46.2 Å². The van der Waals surface area contributed by atoms with Crippen LogP contribution in [-0.2, 0) is 24.2 Å². The molecular formula is C15H18BrN3O. The zero-order valence-corrected chi connectivity index (χ0v) is 13.3. The van der Waals surface area contributed by atoms with Gasteiger partial charge in [-0.15, -0.1) is 0 Å². The zero-order chi connectivity index (χ0) is 14.5. The van der Waals surface area contributed by atoms with E-state index in [9.17, 15) is 4.79 Å². The van der Waals surface area contributed by atoms with Crippen molar-refractivity contribution in [3.63, 3.8) is 0 Å². The normalized spacial score (nSPS) is 10.6. The summed E-state index contributed by atoms with van der Waals surface area (Å²) in [7, 11) is 0. The van der Waals surface area contributed by atoms with Crippen LogP contribution < -0.4 is 5.32 Å². The van der Waals surface area contributed by atoms with Gasteiger partial charge in [-0.2, -0.15) is 5.10 Å². The van der Waals surface area contributed by atoms with Crippen molar-refractivity contribution in [2.24, 2.45) is 0 Å². The Bertz CT molecular complexity index is 607. The lowest BCUT2D eigenvalue weighted by Gasteiger charge is -2.09. The van der Waals surface area contributed by atoms with Gasteiger partial charge >= 0.3 is 0 Å². The highest BCUT2D eigenvalue weighted by atomic mass is 79.9.